The van der Waals surface area contributed by atoms with E-state index in [4.69, 9.17) is 15.2 Å². The molecule has 0 aliphatic carbocycles. The van der Waals surface area contributed by atoms with Crippen LogP contribution in [-0.2, 0) is 0 Å². The maximum Gasteiger partial charge on any atom is 0.171 e. The summed E-state index contributed by atoms with van der Waals surface area (Å²) in [6.45, 7) is 2.08. The summed E-state index contributed by atoms with van der Waals surface area (Å²) in [5.74, 6) is -1.76. The molecule has 1 rings (SSSR count). The first kappa shape index (κ1) is 13.7. The fourth-order valence-corrected chi connectivity index (χ4v) is 1.73. The Labute approximate surface area is 99.5 Å². The van der Waals surface area contributed by atoms with E-state index in [9.17, 15) is 8.78 Å². The highest BCUT2D eigenvalue weighted by molar-refractivity contribution is 5.43. The second-order valence-corrected chi connectivity index (χ2v) is 3.80. The fourth-order valence-electron chi connectivity index (χ4n) is 1.73. The van der Waals surface area contributed by atoms with Crippen molar-refractivity contribution in [2.24, 2.45) is 5.73 Å². The molecule has 0 aliphatic heterocycles. The summed E-state index contributed by atoms with van der Waals surface area (Å²) >= 11 is 0. The van der Waals surface area contributed by atoms with Crippen LogP contribution in [0.2, 0.25) is 0 Å². The van der Waals surface area contributed by atoms with Crippen LogP contribution in [0.4, 0.5) is 8.78 Å². The minimum atomic E-state index is -0.688. The van der Waals surface area contributed by atoms with Crippen molar-refractivity contribution in [3.05, 3.63) is 23.3 Å². The average Bonchev–Trinajstić information content (AvgIpc) is 2.30. The van der Waals surface area contributed by atoms with Crippen LogP contribution < -0.4 is 15.2 Å². The molecule has 1 aromatic carbocycles. The van der Waals surface area contributed by atoms with Crippen molar-refractivity contribution in [2.75, 3.05) is 20.8 Å². The quantitative estimate of drug-likeness (QED) is 0.866. The Morgan fingerprint density at radius 1 is 1.18 bits per heavy atom. The highest BCUT2D eigenvalue weighted by Gasteiger charge is 2.23. The Bertz CT molecular complexity index is 368. The first-order valence-corrected chi connectivity index (χ1v) is 5.36. The van der Waals surface area contributed by atoms with Gasteiger partial charge in [-0.1, -0.05) is 6.92 Å². The number of ether oxygens (including phenoxy) is 2. The number of methoxy groups -OCH3 is 2. The van der Waals surface area contributed by atoms with Crippen LogP contribution in [-0.4, -0.2) is 20.8 Å². The Morgan fingerprint density at radius 2 is 1.65 bits per heavy atom. The van der Waals surface area contributed by atoms with E-state index in [-0.39, 0.29) is 23.0 Å². The molecule has 5 heteroatoms. The van der Waals surface area contributed by atoms with Gasteiger partial charge in [0.25, 0.3) is 0 Å². The third-order valence-corrected chi connectivity index (χ3v) is 2.70. The largest absolute Gasteiger partial charge is 0.494 e. The molecule has 0 saturated heterocycles. The average molecular weight is 245 g/mol. The van der Waals surface area contributed by atoms with Gasteiger partial charge >= 0.3 is 0 Å². The molecule has 0 heterocycles. The van der Waals surface area contributed by atoms with Gasteiger partial charge in [0, 0.05) is 11.6 Å². The van der Waals surface area contributed by atoms with E-state index in [1.54, 1.807) is 6.92 Å². The molecule has 2 N–H and O–H groups in total. The lowest BCUT2D eigenvalue weighted by Crippen LogP contribution is -2.10. The molecule has 0 bridgehead atoms. The predicted octanol–water partition coefficient (Wildman–Crippen LogP) is 2.43. The fraction of sp³-hybridized carbons (Fsp3) is 0.500. The van der Waals surface area contributed by atoms with Gasteiger partial charge in [-0.05, 0) is 18.9 Å². The summed E-state index contributed by atoms with van der Waals surface area (Å²) in [6.07, 6.45) is 0.490. The molecule has 0 radical (unpaired) electrons. The third kappa shape index (κ3) is 2.66. The van der Waals surface area contributed by atoms with Gasteiger partial charge in [0.1, 0.15) is 0 Å². The molecular weight excluding hydrogens is 228 g/mol. The molecule has 0 spiro atoms. The lowest BCUT2D eigenvalue weighted by molar-refractivity contribution is 0.350. The monoisotopic (exact) mass is 245 g/mol. The lowest BCUT2D eigenvalue weighted by Gasteiger charge is -2.17. The zero-order chi connectivity index (χ0) is 13.0. The van der Waals surface area contributed by atoms with Crippen molar-refractivity contribution in [3.8, 4) is 11.5 Å². The van der Waals surface area contributed by atoms with Crippen LogP contribution in [0.1, 0.15) is 24.8 Å². The molecule has 17 heavy (non-hydrogen) atoms. The van der Waals surface area contributed by atoms with Crippen LogP contribution in [0, 0.1) is 11.6 Å². The third-order valence-electron chi connectivity index (χ3n) is 2.70. The smallest absolute Gasteiger partial charge is 0.171 e. The summed E-state index contributed by atoms with van der Waals surface area (Å²) < 4.78 is 37.6. The van der Waals surface area contributed by atoms with Crippen LogP contribution in [0.3, 0.4) is 0 Å². The number of hydrogen-bond donors (Lipinski definition) is 1. The zero-order valence-electron chi connectivity index (χ0n) is 10.2. The van der Waals surface area contributed by atoms with Crippen molar-refractivity contribution >= 4 is 0 Å². The normalized spacial score (nSPS) is 12.4. The van der Waals surface area contributed by atoms with Gasteiger partial charge in [-0.2, -0.15) is 0 Å². The Morgan fingerprint density at radius 3 is 2.00 bits per heavy atom. The molecule has 0 saturated carbocycles. The van der Waals surface area contributed by atoms with Crippen molar-refractivity contribution in [3.63, 3.8) is 0 Å². The van der Waals surface area contributed by atoms with Gasteiger partial charge in [0.05, 0.1) is 14.2 Å². The summed E-state index contributed by atoms with van der Waals surface area (Å²) in [4.78, 5) is 0. The van der Waals surface area contributed by atoms with Crippen molar-refractivity contribution < 1.29 is 18.3 Å². The summed E-state index contributed by atoms with van der Waals surface area (Å²) in [6, 6.07) is 1.20. The lowest BCUT2D eigenvalue weighted by atomic mass is 9.96. The van der Waals surface area contributed by atoms with Crippen molar-refractivity contribution in [1.82, 2.24) is 0 Å². The predicted molar refractivity (Wildman–Crippen MR) is 61.5 cm³/mol. The Hall–Kier alpha value is -1.36. The van der Waals surface area contributed by atoms with Gasteiger partial charge in [-0.3, -0.25) is 0 Å². The van der Waals surface area contributed by atoms with Gasteiger partial charge in [-0.15, -0.1) is 0 Å². The summed E-state index contributed by atoms with van der Waals surface area (Å²) in [5, 5.41) is 0. The van der Waals surface area contributed by atoms with E-state index in [1.807, 2.05) is 0 Å². The second kappa shape index (κ2) is 5.82. The van der Waals surface area contributed by atoms with E-state index in [0.717, 1.165) is 0 Å². The second-order valence-electron chi connectivity index (χ2n) is 3.80. The Balaban J connectivity index is 3.34. The molecule has 0 aromatic heterocycles. The SMILES string of the molecule is COc1cc(OC)c(F)c(C(C)CCN)c1F. The van der Waals surface area contributed by atoms with Crippen LogP contribution in [0.5, 0.6) is 11.5 Å². The van der Waals surface area contributed by atoms with Crippen molar-refractivity contribution in [2.45, 2.75) is 19.3 Å². The zero-order valence-corrected chi connectivity index (χ0v) is 10.2. The summed E-state index contributed by atoms with van der Waals surface area (Å²) in [7, 11) is 2.65. The van der Waals surface area contributed by atoms with Gasteiger partial charge in [0.2, 0.25) is 0 Å². The first-order valence-electron chi connectivity index (χ1n) is 5.36. The number of benzene rings is 1. The maximum atomic E-state index is 14.0. The molecule has 1 unspecified atom stereocenters. The Kier molecular flexibility index (Phi) is 4.69. The molecule has 0 aliphatic rings. The molecular formula is C12H17F2NO2. The van der Waals surface area contributed by atoms with Gasteiger partial charge in [-0.25, -0.2) is 8.78 Å². The number of halogens is 2. The number of hydrogen-bond acceptors (Lipinski definition) is 3. The van der Waals surface area contributed by atoms with Crippen LogP contribution in [0.25, 0.3) is 0 Å². The maximum absolute atomic E-state index is 14.0. The number of nitrogens with two attached hydrogens (primary N) is 1. The van der Waals surface area contributed by atoms with Gasteiger partial charge in [0.15, 0.2) is 23.1 Å². The van der Waals surface area contributed by atoms with E-state index in [1.165, 1.54) is 20.3 Å². The van der Waals surface area contributed by atoms with Crippen molar-refractivity contribution in [1.29, 1.82) is 0 Å². The molecule has 3 nitrogen and oxygen atoms in total. The van der Waals surface area contributed by atoms with Crippen LogP contribution in [0.15, 0.2) is 6.07 Å². The van der Waals surface area contributed by atoms with E-state index >= 15 is 0 Å². The van der Waals surface area contributed by atoms with E-state index in [2.05, 4.69) is 0 Å². The summed E-state index contributed by atoms with van der Waals surface area (Å²) in [5.41, 5.74) is 5.37. The highest BCUT2D eigenvalue weighted by Crippen LogP contribution is 2.36. The molecule has 1 atom stereocenters. The standard InChI is InChI=1S/C12H17F2NO2/c1-7(4-5-15)10-11(13)8(16-2)6-9(17-3)12(10)14/h6-7H,4-5,15H2,1-3H3. The van der Waals surface area contributed by atoms with Crippen LogP contribution >= 0.6 is 0 Å². The minimum absolute atomic E-state index is 0.0258. The minimum Gasteiger partial charge on any atom is -0.494 e. The van der Waals surface area contributed by atoms with E-state index in [0.29, 0.717) is 13.0 Å². The molecule has 0 fully saturated rings. The first-order chi connectivity index (χ1) is 8.06. The molecule has 1 aromatic rings. The number of rotatable bonds is 5. The van der Waals surface area contributed by atoms with E-state index < -0.39 is 11.6 Å². The highest BCUT2D eigenvalue weighted by atomic mass is 19.1. The topological polar surface area (TPSA) is 44.5 Å². The van der Waals surface area contributed by atoms with Gasteiger partial charge < -0.3 is 15.2 Å². The molecule has 96 valence electrons. The molecule has 0 amide bonds.